The predicted molar refractivity (Wildman–Crippen MR) is 75.5 cm³/mol. The van der Waals surface area contributed by atoms with Crippen molar-refractivity contribution in [1.29, 1.82) is 0 Å². The zero-order valence-electron chi connectivity index (χ0n) is 12.1. The molecule has 1 saturated heterocycles. The van der Waals surface area contributed by atoms with Crippen molar-refractivity contribution >= 4 is 18.5 Å². The smallest absolute Gasteiger partial charge is 0.293 e. The second-order valence-corrected chi connectivity index (χ2v) is 4.85. The number of nitrogens with zero attached hydrogens (tertiary/aromatic N) is 4. The van der Waals surface area contributed by atoms with Crippen molar-refractivity contribution in [2.75, 3.05) is 32.8 Å². The summed E-state index contributed by atoms with van der Waals surface area (Å²) in [6.07, 6.45) is 0.763. The molecular formula is C13H21N5O2. The van der Waals surface area contributed by atoms with Gasteiger partial charge in [-0.05, 0) is 6.42 Å². The van der Waals surface area contributed by atoms with Crippen molar-refractivity contribution in [2.45, 2.75) is 20.3 Å². The van der Waals surface area contributed by atoms with E-state index in [-0.39, 0.29) is 11.8 Å². The minimum absolute atomic E-state index is 0.0804. The number of piperazine rings is 1. The number of hydrogen-bond acceptors (Lipinski definition) is 5. The number of carbonyl (C=O) groups excluding carboxylic acids is 2. The summed E-state index contributed by atoms with van der Waals surface area (Å²) in [5.74, 6) is -0.0382. The van der Waals surface area contributed by atoms with Gasteiger partial charge in [0.25, 0.3) is 5.91 Å². The lowest BCUT2D eigenvalue weighted by Crippen LogP contribution is -2.53. The van der Waals surface area contributed by atoms with Gasteiger partial charge in [-0.25, -0.2) is 5.01 Å². The Balaban J connectivity index is 2.16. The summed E-state index contributed by atoms with van der Waals surface area (Å²) in [4.78, 5) is 27.6. The molecule has 0 aromatic carbocycles. The normalized spacial score (nSPS) is 20.1. The van der Waals surface area contributed by atoms with Gasteiger partial charge in [-0.15, -0.1) is 0 Å². The van der Waals surface area contributed by atoms with E-state index >= 15 is 0 Å². The molecule has 0 atom stereocenters. The molecule has 0 spiro atoms. The fourth-order valence-electron chi connectivity index (χ4n) is 2.55. The van der Waals surface area contributed by atoms with Gasteiger partial charge < -0.3 is 15.1 Å². The first-order valence-electron chi connectivity index (χ1n) is 6.84. The van der Waals surface area contributed by atoms with Crippen LogP contribution in [0.3, 0.4) is 0 Å². The summed E-state index contributed by atoms with van der Waals surface area (Å²) < 4.78 is 0. The Labute approximate surface area is 118 Å². The minimum Gasteiger partial charge on any atom is -0.368 e. The van der Waals surface area contributed by atoms with Crippen molar-refractivity contribution < 1.29 is 9.59 Å². The summed E-state index contributed by atoms with van der Waals surface area (Å²) in [5, 5.41) is 8.27. The number of amides is 2. The van der Waals surface area contributed by atoms with Crippen molar-refractivity contribution in [3.8, 4) is 0 Å². The molecule has 2 aliphatic rings. The lowest BCUT2D eigenvalue weighted by Gasteiger charge is -2.39. The van der Waals surface area contributed by atoms with Crippen LogP contribution in [0.5, 0.6) is 0 Å². The van der Waals surface area contributed by atoms with Crippen LogP contribution in [0.2, 0.25) is 0 Å². The first-order chi connectivity index (χ1) is 9.58. The second-order valence-electron chi connectivity index (χ2n) is 4.85. The Bertz CT molecular complexity index is 452. The summed E-state index contributed by atoms with van der Waals surface area (Å²) in [6.45, 7) is 9.98. The van der Waals surface area contributed by atoms with Crippen LogP contribution < -0.4 is 5.32 Å². The molecule has 0 saturated carbocycles. The van der Waals surface area contributed by atoms with Crippen LogP contribution in [-0.4, -0.2) is 66.2 Å². The molecule has 0 aromatic heterocycles. The average Bonchev–Trinajstić information content (AvgIpc) is 2.47. The maximum absolute atomic E-state index is 12.4. The molecule has 1 N–H and O–H groups in total. The molecule has 0 radical (unpaired) electrons. The highest BCUT2D eigenvalue weighted by Crippen LogP contribution is 2.20. The van der Waals surface area contributed by atoms with Crippen LogP contribution in [0.4, 0.5) is 0 Å². The highest BCUT2D eigenvalue weighted by atomic mass is 16.2. The molecular weight excluding hydrogens is 258 g/mol. The maximum atomic E-state index is 12.4. The summed E-state index contributed by atoms with van der Waals surface area (Å²) in [7, 11) is 0. The standard InChI is InChI=1S/C13H21N5O2/c1-4-11-12(13(20)18(14-3)9-15-11)17-7-5-16(6-8-17)10(2)19/h15H,3-9H2,1-2H3. The molecule has 0 bridgehead atoms. The first kappa shape index (κ1) is 14.4. The van der Waals surface area contributed by atoms with Crippen molar-refractivity contribution in [2.24, 2.45) is 5.10 Å². The summed E-state index contributed by atoms with van der Waals surface area (Å²) in [5.41, 5.74) is 1.60. The van der Waals surface area contributed by atoms with Gasteiger partial charge in [0.15, 0.2) is 0 Å². The largest absolute Gasteiger partial charge is 0.368 e. The average molecular weight is 279 g/mol. The Morgan fingerprint density at radius 1 is 1.35 bits per heavy atom. The molecule has 0 aliphatic carbocycles. The Morgan fingerprint density at radius 3 is 2.50 bits per heavy atom. The number of allylic oxidation sites excluding steroid dienone is 1. The Kier molecular flexibility index (Phi) is 4.26. The van der Waals surface area contributed by atoms with E-state index in [1.54, 1.807) is 11.8 Å². The topological polar surface area (TPSA) is 68.2 Å². The van der Waals surface area contributed by atoms with Gasteiger partial charge in [0.1, 0.15) is 12.4 Å². The second kappa shape index (κ2) is 5.94. The molecule has 1 fully saturated rings. The van der Waals surface area contributed by atoms with Gasteiger partial charge in [-0.2, -0.15) is 5.10 Å². The van der Waals surface area contributed by atoms with E-state index in [1.807, 2.05) is 11.8 Å². The Hall–Kier alpha value is -2.05. The predicted octanol–water partition coefficient (Wildman–Crippen LogP) is -0.223. The highest BCUT2D eigenvalue weighted by molar-refractivity contribution is 5.94. The van der Waals surface area contributed by atoms with E-state index < -0.39 is 0 Å². The van der Waals surface area contributed by atoms with Crippen LogP contribution >= 0.6 is 0 Å². The number of hydrogen-bond donors (Lipinski definition) is 1. The number of rotatable bonds is 3. The molecule has 7 heteroatoms. The van der Waals surface area contributed by atoms with Crippen LogP contribution in [0.1, 0.15) is 20.3 Å². The third-order valence-electron chi connectivity index (χ3n) is 3.73. The zero-order valence-corrected chi connectivity index (χ0v) is 12.1. The first-order valence-corrected chi connectivity index (χ1v) is 6.84. The van der Waals surface area contributed by atoms with Gasteiger partial charge in [-0.3, -0.25) is 9.59 Å². The number of hydrazone groups is 1. The van der Waals surface area contributed by atoms with E-state index in [0.29, 0.717) is 38.5 Å². The van der Waals surface area contributed by atoms with E-state index in [9.17, 15) is 9.59 Å². The molecule has 2 heterocycles. The SMILES string of the molecule is C=NN1CNC(CC)=C(N2CCN(C(C)=O)CC2)C1=O. The molecule has 110 valence electrons. The summed E-state index contributed by atoms with van der Waals surface area (Å²) in [6, 6.07) is 0. The van der Waals surface area contributed by atoms with Crippen LogP contribution in [-0.2, 0) is 9.59 Å². The lowest BCUT2D eigenvalue weighted by molar-refractivity contribution is -0.132. The fraction of sp³-hybridized carbons (Fsp3) is 0.615. The van der Waals surface area contributed by atoms with E-state index in [4.69, 9.17) is 0 Å². The van der Waals surface area contributed by atoms with Gasteiger partial charge >= 0.3 is 0 Å². The number of carbonyl (C=O) groups is 2. The van der Waals surface area contributed by atoms with Gasteiger partial charge in [0.2, 0.25) is 5.91 Å². The van der Waals surface area contributed by atoms with Crippen LogP contribution in [0.25, 0.3) is 0 Å². The molecule has 0 unspecified atom stereocenters. The number of nitrogens with one attached hydrogen (secondary N) is 1. The minimum atomic E-state index is -0.119. The van der Waals surface area contributed by atoms with E-state index in [0.717, 1.165) is 12.1 Å². The van der Waals surface area contributed by atoms with E-state index in [2.05, 4.69) is 17.1 Å². The van der Waals surface area contributed by atoms with Crippen molar-refractivity contribution in [1.82, 2.24) is 20.1 Å². The Morgan fingerprint density at radius 2 is 2.00 bits per heavy atom. The molecule has 20 heavy (non-hydrogen) atoms. The lowest BCUT2D eigenvalue weighted by atomic mass is 10.1. The van der Waals surface area contributed by atoms with E-state index in [1.165, 1.54) is 5.01 Å². The quantitative estimate of drug-likeness (QED) is 0.725. The van der Waals surface area contributed by atoms with Gasteiger partial charge in [0.05, 0.1) is 0 Å². The fourth-order valence-corrected chi connectivity index (χ4v) is 2.55. The third-order valence-corrected chi connectivity index (χ3v) is 3.73. The third kappa shape index (κ3) is 2.61. The van der Waals surface area contributed by atoms with Crippen LogP contribution in [0, 0.1) is 0 Å². The van der Waals surface area contributed by atoms with Crippen molar-refractivity contribution in [3.63, 3.8) is 0 Å². The van der Waals surface area contributed by atoms with Gasteiger partial charge in [0, 0.05) is 45.5 Å². The maximum Gasteiger partial charge on any atom is 0.293 e. The molecule has 2 amide bonds. The van der Waals surface area contributed by atoms with Crippen molar-refractivity contribution in [3.05, 3.63) is 11.4 Å². The molecule has 2 aliphatic heterocycles. The van der Waals surface area contributed by atoms with Gasteiger partial charge in [-0.1, -0.05) is 6.92 Å². The zero-order chi connectivity index (χ0) is 14.7. The molecule has 0 aromatic rings. The summed E-state index contributed by atoms with van der Waals surface area (Å²) >= 11 is 0. The molecule has 7 nitrogen and oxygen atoms in total. The highest BCUT2D eigenvalue weighted by Gasteiger charge is 2.32. The van der Waals surface area contributed by atoms with Crippen LogP contribution in [0.15, 0.2) is 16.5 Å². The molecule has 2 rings (SSSR count). The monoisotopic (exact) mass is 279 g/mol.